The summed E-state index contributed by atoms with van der Waals surface area (Å²) in [6.45, 7) is 10.7. The predicted molar refractivity (Wildman–Crippen MR) is 88.9 cm³/mol. The van der Waals surface area contributed by atoms with Gasteiger partial charge in [0.15, 0.2) is 0 Å². The molecule has 4 heteroatoms. The number of amides is 2. The largest absolute Gasteiger partial charge is 0.351 e. The van der Waals surface area contributed by atoms with Crippen LogP contribution in [0.25, 0.3) is 0 Å². The molecule has 1 aromatic carbocycles. The van der Waals surface area contributed by atoms with E-state index in [1.165, 1.54) is 5.56 Å². The summed E-state index contributed by atoms with van der Waals surface area (Å²) in [6, 6.07) is 8.04. The first-order valence-electron chi connectivity index (χ1n) is 7.92. The molecule has 22 heavy (non-hydrogen) atoms. The Morgan fingerprint density at radius 1 is 1.23 bits per heavy atom. The quantitative estimate of drug-likeness (QED) is 0.872. The molecule has 1 saturated heterocycles. The van der Waals surface area contributed by atoms with Crippen molar-refractivity contribution in [2.24, 2.45) is 5.92 Å². The van der Waals surface area contributed by atoms with Crippen LogP contribution in [0.5, 0.6) is 0 Å². The molecule has 0 radical (unpaired) electrons. The third kappa shape index (κ3) is 3.67. The van der Waals surface area contributed by atoms with Crippen LogP contribution in [-0.4, -0.2) is 23.9 Å². The van der Waals surface area contributed by atoms with E-state index in [0.29, 0.717) is 18.9 Å². The average Bonchev–Trinajstić information content (AvgIpc) is 2.79. The highest BCUT2D eigenvalue weighted by Crippen LogP contribution is 2.27. The molecule has 0 aliphatic carbocycles. The summed E-state index contributed by atoms with van der Waals surface area (Å²) in [5.41, 5.74) is 1.81. The zero-order valence-electron chi connectivity index (χ0n) is 14.1. The second-order valence-electron chi connectivity index (χ2n) is 7.32. The van der Waals surface area contributed by atoms with Gasteiger partial charge in [0, 0.05) is 17.8 Å². The zero-order chi connectivity index (χ0) is 16.5. The molecule has 2 amide bonds. The number of benzene rings is 1. The SMILES string of the molecule is CC(C)c1ccc(N2CCC(C(=O)NC(C)(C)C)C2=O)cc1. The van der Waals surface area contributed by atoms with Crippen molar-refractivity contribution in [3.8, 4) is 0 Å². The minimum absolute atomic E-state index is 0.0981. The maximum Gasteiger partial charge on any atom is 0.239 e. The van der Waals surface area contributed by atoms with Crippen LogP contribution in [0.15, 0.2) is 24.3 Å². The van der Waals surface area contributed by atoms with E-state index < -0.39 is 5.92 Å². The monoisotopic (exact) mass is 302 g/mol. The Bertz CT molecular complexity index is 555. The van der Waals surface area contributed by atoms with E-state index in [1.54, 1.807) is 4.90 Å². The number of nitrogens with one attached hydrogen (secondary N) is 1. The minimum Gasteiger partial charge on any atom is -0.351 e. The van der Waals surface area contributed by atoms with E-state index in [1.807, 2.05) is 32.9 Å². The standard InChI is InChI=1S/C18H26N2O2/c1-12(2)13-6-8-14(9-7-13)20-11-10-15(17(20)22)16(21)19-18(3,4)5/h6-9,12,15H,10-11H2,1-5H3,(H,19,21). The Labute approximate surface area is 132 Å². The van der Waals surface area contributed by atoms with E-state index in [0.717, 1.165) is 5.69 Å². The van der Waals surface area contributed by atoms with E-state index in [9.17, 15) is 9.59 Å². The lowest BCUT2D eigenvalue weighted by molar-refractivity contribution is -0.133. The van der Waals surface area contributed by atoms with Crippen molar-refractivity contribution < 1.29 is 9.59 Å². The number of nitrogens with zero attached hydrogens (tertiary/aromatic N) is 1. The number of carbonyl (C=O) groups is 2. The van der Waals surface area contributed by atoms with Crippen LogP contribution in [0.1, 0.15) is 52.5 Å². The first-order chi connectivity index (χ1) is 10.2. The molecule has 4 nitrogen and oxygen atoms in total. The molecule has 1 aliphatic rings. The first kappa shape index (κ1) is 16.5. The van der Waals surface area contributed by atoms with Gasteiger partial charge in [0.2, 0.25) is 11.8 Å². The summed E-state index contributed by atoms with van der Waals surface area (Å²) < 4.78 is 0. The third-order valence-corrected chi connectivity index (χ3v) is 3.89. The molecule has 0 spiro atoms. The van der Waals surface area contributed by atoms with Gasteiger partial charge in [-0.2, -0.15) is 0 Å². The van der Waals surface area contributed by atoms with Gasteiger partial charge in [-0.3, -0.25) is 9.59 Å². The molecule has 1 aliphatic heterocycles. The number of carbonyl (C=O) groups excluding carboxylic acids is 2. The van der Waals surface area contributed by atoms with Crippen LogP contribution >= 0.6 is 0 Å². The fourth-order valence-electron chi connectivity index (χ4n) is 2.68. The molecule has 1 heterocycles. The van der Waals surface area contributed by atoms with Gasteiger partial charge >= 0.3 is 0 Å². The van der Waals surface area contributed by atoms with Crippen molar-refractivity contribution in [3.05, 3.63) is 29.8 Å². The second-order valence-corrected chi connectivity index (χ2v) is 7.32. The van der Waals surface area contributed by atoms with Crippen molar-refractivity contribution in [1.82, 2.24) is 5.32 Å². The Morgan fingerprint density at radius 2 is 1.82 bits per heavy atom. The van der Waals surface area contributed by atoms with Crippen molar-refractivity contribution in [3.63, 3.8) is 0 Å². The fraction of sp³-hybridized carbons (Fsp3) is 0.556. The van der Waals surface area contributed by atoms with E-state index in [4.69, 9.17) is 0 Å². The van der Waals surface area contributed by atoms with Gasteiger partial charge in [-0.25, -0.2) is 0 Å². The lowest BCUT2D eigenvalue weighted by Crippen LogP contribution is -2.45. The molecule has 0 aromatic heterocycles. The predicted octanol–water partition coefficient (Wildman–Crippen LogP) is 3.08. The summed E-state index contributed by atoms with van der Waals surface area (Å²) in [5.74, 6) is -0.365. The summed E-state index contributed by atoms with van der Waals surface area (Å²) in [5, 5.41) is 2.90. The summed E-state index contributed by atoms with van der Waals surface area (Å²) >= 11 is 0. The molecule has 1 atom stereocenters. The zero-order valence-corrected chi connectivity index (χ0v) is 14.1. The molecule has 1 N–H and O–H groups in total. The highest BCUT2D eigenvalue weighted by Gasteiger charge is 2.38. The minimum atomic E-state index is -0.566. The van der Waals surface area contributed by atoms with Crippen LogP contribution in [0, 0.1) is 5.92 Å². The molecule has 1 fully saturated rings. The van der Waals surface area contributed by atoms with Crippen LogP contribution in [0.2, 0.25) is 0 Å². The normalized spacial score (nSPS) is 18.9. The fourth-order valence-corrected chi connectivity index (χ4v) is 2.68. The lowest BCUT2D eigenvalue weighted by Gasteiger charge is -2.23. The van der Waals surface area contributed by atoms with Gasteiger partial charge in [0.1, 0.15) is 5.92 Å². The van der Waals surface area contributed by atoms with Crippen LogP contribution in [0.4, 0.5) is 5.69 Å². The van der Waals surface area contributed by atoms with Crippen LogP contribution in [-0.2, 0) is 9.59 Å². The van der Waals surface area contributed by atoms with Crippen LogP contribution < -0.4 is 10.2 Å². The number of anilines is 1. The van der Waals surface area contributed by atoms with Crippen LogP contribution in [0.3, 0.4) is 0 Å². The Balaban J connectivity index is 2.09. The number of rotatable bonds is 3. The molecule has 0 saturated carbocycles. The smallest absolute Gasteiger partial charge is 0.239 e. The maximum atomic E-state index is 12.5. The number of hydrogen-bond acceptors (Lipinski definition) is 2. The highest BCUT2D eigenvalue weighted by molar-refractivity contribution is 6.09. The second kappa shape index (κ2) is 6.11. The molecular formula is C18H26N2O2. The topological polar surface area (TPSA) is 49.4 Å². The molecule has 2 rings (SSSR count). The summed E-state index contributed by atoms with van der Waals surface area (Å²) in [4.78, 5) is 26.5. The van der Waals surface area contributed by atoms with Crippen molar-refractivity contribution in [2.75, 3.05) is 11.4 Å². The molecule has 1 unspecified atom stereocenters. The Hall–Kier alpha value is -1.84. The van der Waals surface area contributed by atoms with Crippen molar-refractivity contribution in [2.45, 2.75) is 52.5 Å². The van der Waals surface area contributed by atoms with E-state index >= 15 is 0 Å². The van der Waals surface area contributed by atoms with Gasteiger partial charge in [-0.05, 0) is 50.8 Å². The van der Waals surface area contributed by atoms with Gasteiger partial charge in [0.25, 0.3) is 0 Å². The van der Waals surface area contributed by atoms with Gasteiger partial charge < -0.3 is 10.2 Å². The third-order valence-electron chi connectivity index (χ3n) is 3.89. The summed E-state index contributed by atoms with van der Waals surface area (Å²) in [7, 11) is 0. The van der Waals surface area contributed by atoms with Crippen molar-refractivity contribution in [1.29, 1.82) is 0 Å². The summed E-state index contributed by atoms with van der Waals surface area (Å²) in [6.07, 6.45) is 0.576. The highest BCUT2D eigenvalue weighted by atomic mass is 16.2. The van der Waals surface area contributed by atoms with Gasteiger partial charge in [-0.1, -0.05) is 26.0 Å². The molecule has 120 valence electrons. The van der Waals surface area contributed by atoms with E-state index in [2.05, 4.69) is 31.3 Å². The molecular weight excluding hydrogens is 276 g/mol. The Kier molecular flexibility index (Phi) is 4.59. The first-order valence-corrected chi connectivity index (χ1v) is 7.92. The maximum absolute atomic E-state index is 12.5. The van der Waals surface area contributed by atoms with Gasteiger partial charge in [-0.15, -0.1) is 0 Å². The van der Waals surface area contributed by atoms with E-state index in [-0.39, 0.29) is 17.4 Å². The van der Waals surface area contributed by atoms with Gasteiger partial charge in [0.05, 0.1) is 0 Å². The average molecular weight is 302 g/mol. The molecule has 1 aromatic rings. The van der Waals surface area contributed by atoms with Crippen molar-refractivity contribution >= 4 is 17.5 Å². The number of hydrogen-bond donors (Lipinski definition) is 1. The molecule has 0 bridgehead atoms. The lowest BCUT2D eigenvalue weighted by atomic mass is 10.0. The Morgan fingerprint density at radius 3 is 2.32 bits per heavy atom.